The number of methoxy groups -OCH3 is 1. The average Bonchev–Trinajstić information content (AvgIpc) is 2.85. The zero-order chi connectivity index (χ0) is 13.3. The Hall–Kier alpha value is -0.980. The van der Waals surface area contributed by atoms with Crippen LogP contribution in [0.3, 0.4) is 0 Å². The van der Waals surface area contributed by atoms with Crippen LogP contribution in [-0.4, -0.2) is 35.0 Å². The minimum absolute atomic E-state index is 0.0567. The lowest BCUT2D eigenvalue weighted by molar-refractivity contribution is 0.00718. The zero-order valence-corrected chi connectivity index (χ0v) is 11.3. The van der Waals surface area contributed by atoms with Gasteiger partial charge < -0.3 is 19.7 Å². The summed E-state index contributed by atoms with van der Waals surface area (Å²) in [5.41, 5.74) is -0.0987. The van der Waals surface area contributed by atoms with Gasteiger partial charge in [0.1, 0.15) is 6.10 Å². The van der Waals surface area contributed by atoms with E-state index < -0.39 is 0 Å². The van der Waals surface area contributed by atoms with Gasteiger partial charge in [-0.2, -0.15) is 4.98 Å². The lowest BCUT2D eigenvalue weighted by atomic mass is 9.88. The first-order valence-corrected chi connectivity index (χ1v) is 6.19. The monoisotopic (exact) mass is 255 g/mol. The maximum absolute atomic E-state index is 9.48. The Kier molecular flexibility index (Phi) is 3.70. The maximum atomic E-state index is 9.48. The van der Waals surface area contributed by atoms with Gasteiger partial charge in [0.25, 0.3) is 0 Å². The highest BCUT2D eigenvalue weighted by Crippen LogP contribution is 2.34. The Labute approximate surface area is 107 Å². The van der Waals surface area contributed by atoms with Crippen LogP contribution in [0.4, 0.5) is 0 Å². The smallest absolute Gasteiger partial charge is 0.243 e. The van der Waals surface area contributed by atoms with Crippen LogP contribution >= 0.6 is 0 Å². The first kappa shape index (κ1) is 13.5. The number of nitrogens with zero attached hydrogens (tertiary/aromatic N) is 2. The van der Waals surface area contributed by atoms with Crippen molar-refractivity contribution in [1.82, 2.24) is 15.5 Å². The largest absolute Gasteiger partial charge is 0.392 e. The maximum Gasteiger partial charge on any atom is 0.243 e. The molecule has 0 spiro atoms. The molecule has 0 bridgehead atoms. The Morgan fingerprint density at radius 1 is 1.50 bits per heavy atom. The van der Waals surface area contributed by atoms with E-state index in [1.54, 1.807) is 7.11 Å². The van der Waals surface area contributed by atoms with E-state index in [9.17, 15) is 5.11 Å². The predicted octanol–water partition coefficient (Wildman–Crippen LogP) is 1.20. The zero-order valence-electron chi connectivity index (χ0n) is 11.3. The summed E-state index contributed by atoms with van der Waals surface area (Å²) in [5, 5.41) is 16.6. The lowest BCUT2D eigenvalue weighted by Crippen LogP contribution is -2.21. The molecular formula is C12H21N3O3. The molecule has 0 saturated carbocycles. The van der Waals surface area contributed by atoms with Gasteiger partial charge in [-0.3, -0.25) is 0 Å². The molecule has 3 atom stereocenters. The standard InChI is InChI=1S/C12H21N3O3/c1-12(2,3)9(17-4)10-14-11(18-15-10)8-5-7(16)6-13-8/h7-9,13,16H,5-6H2,1-4H3/t7-,8+,9?/m1/s1. The fourth-order valence-corrected chi connectivity index (χ4v) is 2.25. The molecule has 2 heterocycles. The van der Waals surface area contributed by atoms with Gasteiger partial charge in [-0.05, 0) is 11.8 Å². The molecule has 6 nitrogen and oxygen atoms in total. The molecule has 1 aliphatic rings. The van der Waals surface area contributed by atoms with Crippen LogP contribution in [-0.2, 0) is 4.74 Å². The second-order valence-corrected chi connectivity index (χ2v) is 5.82. The summed E-state index contributed by atoms with van der Waals surface area (Å²) in [5.74, 6) is 1.08. The fourth-order valence-electron chi connectivity index (χ4n) is 2.25. The molecule has 1 saturated heterocycles. The molecule has 1 unspecified atom stereocenters. The number of ether oxygens (including phenoxy) is 1. The van der Waals surface area contributed by atoms with Crippen LogP contribution in [0.2, 0.25) is 0 Å². The van der Waals surface area contributed by atoms with Gasteiger partial charge in [0.2, 0.25) is 11.7 Å². The molecule has 0 amide bonds. The first-order chi connectivity index (χ1) is 8.41. The molecule has 0 aromatic carbocycles. The van der Waals surface area contributed by atoms with Crippen LogP contribution in [0.5, 0.6) is 0 Å². The normalized spacial score (nSPS) is 26.5. The average molecular weight is 255 g/mol. The Morgan fingerprint density at radius 3 is 2.72 bits per heavy atom. The molecule has 2 rings (SSSR count). The summed E-state index contributed by atoms with van der Waals surface area (Å²) >= 11 is 0. The number of hydrogen-bond acceptors (Lipinski definition) is 6. The second-order valence-electron chi connectivity index (χ2n) is 5.82. The number of aliphatic hydroxyl groups is 1. The van der Waals surface area contributed by atoms with Crippen molar-refractivity contribution in [2.45, 2.75) is 45.4 Å². The van der Waals surface area contributed by atoms with E-state index in [1.807, 2.05) is 0 Å². The third-order valence-electron chi connectivity index (χ3n) is 3.12. The number of rotatable bonds is 3. The molecule has 1 aromatic rings. The highest BCUT2D eigenvalue weighted by molar-refractivity contribution is 5.01. The highest BCUT2D eigenvalue weighted by Gasteiger charge is 2.33. The van der Waals surface area contributed by atoms with Crippen molar-refractivity contribution in [1.29, 1.82) is 0 Å². The Bertz CT molecular complexity index is 400. The molecule has 18 heavy (non-hydrogen) atoms. The first-order valence-electron chi connectivity index (χ1n) is 6.19. The van der Waals surface area contributed by atoms with Gasteiger partial charge in [0, 0.05) is 13.7 Å². The van der Waals surface area contributed by atoms with Crippen molar-refractivity contribution in [3.63, 3.8) is 0 Å². The molecule has 0 radical (unpaired) electrons. The van der Waals surface area contributed by atoms with Crippen LogP contribution in [0.15, 0.2) is 4.52 Å². The number of aromatic nitrogens is 2. The van der Waals surface area contributed by atoms with E-state index in [0.717, 1.165) is 0 Å². The summed E-state index contributed by atoms with van der Waals surface area (Å²) in [6.07, 6.45) is 0.0574. The van der Waals surface area contributed by atoms with Crippen molar-refractivity contribution < 1.29 is 14.4 Å². The van der Waals surface area contributed by atoms with E-state index in [1.165, 1.54) is 0 Å². The predicted molar refractivity (Wildman–Crippen MR) is 64.9 cm³/mol. The van der Waals surface area contributed by atoms with Gasteiger partial charge in [-0.1, -0.05) is 25.9 Å². The van der Waals surface area contributed by atoms with Crippen LogP contribution < -0.4 is 5.32 Å². The van der Waals surface area contributed by atoms with Crippen LogP contribution in [0.1, 0.15) is 51.1 Å². The number of hydrogen-bond donors (Lipinski definition) is 2. The fraction of sp³-hybridized carbons (Fsp3) is 0.833. The minimum atomic E-state index is -0.341. The molecular weight excluding hydrogens is 234 g/mol. The van der Waals surface area contributed by atoms with Gasteiger partial charge in [-0.25, -0.2) is 0 Å². The van der Waals surface area contributed by atoms with Crippen molar-refractivity contribution in [2.24, 2.45) is 5.41 Å². The van der Waals surface area contributed by atoms with Gasteiger partial charge in [0.15, 0.2) is 0 Å². The van der Waals surface area contributed by atoms with E-state index in [-0.39, 0.29) is 23.7 Å². The van der Waals surface area contributed by atoms with Crippen LogP contribution in [0, 0.1) is 5.41 Å². The van der Waals surface area contributed by atoms with Crippen molar-refractivity contribution in [3.8, 4) is 0 Å². The molecule has 6 heteroatoms. The van der Waals surface area contributed by atoms with Crippen molar-refractivity contribution >= 4 is 0 Å². The second kappa shape index (κ2) is 4.95. The summed E-state index contributed by atoms with van der Waals surface area (Å²) in [6.45, 7) is 6.76. The topological polar surface area (TPSA) is 80.4 Å². The Balaban J connectivity index is 2.14. The number of nitrogens with one attached hydrogen (secondary N) is 1. The van der Waals surface area contributed by atoms with Crippen molar-refractivity contribution in [2.75, 3.05) is 13.7 Å². The molecule has 1 aliphatic heterocycles. The number of aliphatic hydroxyl groups excluding tert-OH is 1. The number of β-amino-alcohol motifs (C(OH)–C–C–N with tert-alkyl or cyclic N) is 1. The van der Waals surface area contributed by atoms with Gasteiger partial charge in [0.05, 0.1) is 12.1 Å². The molecule has 2 N–H and O–H groups in total. The Morgan fingerprint density at radius 2 is 2.22 bits per heavy atom. The molecule has 0 aliphatic carbocycles. The van der Waals surface area contributed by atoms with E-state index in [2.05, 4.69) is 36.2 Å². The third-order valence-corrected chi connectivity index (χ3v) is 3.12. The van der Waals surface area contributed by atoms with Crippen molar-refractivity contribution in [3.05, 3.63) is 11.7 Å². The van der Waals surface area contributed by atoms with E-state index in [0.29, 0.717) is 24.7 Å². The minimum Gasteiger partial charge on any atom is -0.392 e. The lowest BCUT2D eigenvalue weighted by Gasteiger charge is -2.26. The third kappa shape index (κ3) is 2.71. The SMILES string of the molecule is COC(c1noc([C@@H]2C[C@@H](O)CN2)n1)C(C)(C)C. The highest BCUT2D eigenvalue weighted by atomic mass is 16.5. The molecule has 102 valence electrons. The molecule has 1 aromatic heterocycles. The summed E-state index contributed by atoms with van der Waals surface area (Å²) in [6, 6.07) is -0.0567. The quantitative estimate of drug-likeness (QED) is 0.844. The summed E-state index contributed by atoms with van der Waals surface area (Å²) < 4.78 is 10.7. The van der Waals surface area contributed by atoms with E-state index in [4.69, 9.17) is 9.26 Å². The van der Waals surface area contributed by atoms with Gasteiger partial charge >= 0.3 is 0 Å². The summed E-state index contributed by atoms with van der Waals surface area (Å²) in [4.78, 5) is 4.39. The van der Waals surface area contributed by atoms with Gasteiger partial charge in [-0.15, -0.1) is 0 Å². The van der Waals surface area contributed by atoms with E-state index >= 15 is 0 Å². The van der Waals surface area contributed by atoms with Crippen LogP contribution in [0.25, 0.3) is 0 Å². The summed E-state index contributed by atoms with van der Waals surface area (Å²) in [7, 11) is 1.64. The molecule has 1 fully saturated rings.